The van der Waals surface area contributed by atoms with Crippen molar-refractivity contribution in [2.45, 2.75) is 32.8 Å². The van der Waals surface area contributed by atoms with Crippen molar-refractivity contribution in [3.8, 4) is 5.75 Å². The lowest BCUT2D eigenvalue weighted by Crippen LogP contribution is -2.38. The monoisotopic (exact) mass is 333 g/mol. The minimum Gasteiger partial charge on any atom is -0.481 e. The predicted octanol–water partition coefficient (Wildman–Crippen LogP) is 2.98. The summed E-state index contributed by atoms with van der Waals surface area (Å²) in [6.07, 6.45) is 1.31. The number of halogens is 2. The number of piperidine rings is 1. The first-order valence-corrected chi connectivity index (χ1v) is 7.74. The van der Waals surface area contributed by atoms with Gasteiger partial charge in [-0.3, -0.25) is 9.59 Å². The zero-order valence-corrected chi connectivity index (χ0v) is 12.9. The lowest BCUT2D eigenvalue weighted by Gasteiger charge is -2.31. The van der Waals surface area contributed by atoms with E-state index in [1.807, 2.05) is 0 Å². The number of nitrogens with zero attached hydrogens (tertiary/aromatic N) is 1. The Bertz CT molecular complexity index is 553. The molecule has 0 aliphatic carbocycles. The topological polar surface area (TPSA) is 66.8 Å². The van der Waals surface area contributed by atoms with Crippen molar-refractivity contribution in [2.24, 2.45) is 5.92 Å². The van der Waals surface area contributed by atoms with Gasteiger partial charge in [-0.25, -0.2) is 0 Å². The van der Waals surface area contributed by atoms with E-state index in [1.54, 1.807) is 11.8 Å². The molecule has 0 unspecified atom stereocenters. The first kappa shape index (κ1) is 16.7. The smallest absolute Gasteiger partial charge is 0.387 e. The van der Waals surface area contributed by atoms with E-state index in [2.05, 4.69) is 4.74 Å². The highest BCUT2D eigenvalue weighted by atomic mass is 32.1. The maximum absolute atomic E-state index is 12.4. The van der Waals surface area contributed by atoms with Crippen molar-refractivity contribution >= 4 is 23.2 Å². The summed E-state index contributed by atoms with van der Waals surface area (Å²) in [4.78, 5) is 25.6. The van der Waals surface area contributed by atoms with Gasteiger partial charge in [-0.1, -0.05) is 0 Å². The van der Waals surface area contributed by atoms with Gasteiger partial charge < -0.3 is 14.7 Å². The average Bonchev–Trinajstić information content (AvgIpc) is 2.78. The molecular weight excluding hydrogens is 316 g/mol. The number of carbonyl (C=O) groups is 2. The highest BCUT2D eigenvalue weighted by molar-refractivity contribution is 7.14. The highest BCUT2D eigenvalue weighted by Gasteiger charge is 2.28. The van der Waals surface area contributed by atoms with Crippen molar-refractivity contribution < 1.29 is 28.2 Å². The van der Waals surface area contributed by atoms with E-state index >= 15 is 0 Å². The van der Waals surface area contributed by atoms with Crippen molar-refractivity contribution in [1.29, 1.82) is 0 Å². The summed E-state index contributed by atoms with van der Waals surface area (Å²) < 4.78 is 29.2. The van der Waals surface area contributed by atoms with Gasteiger partial charge >= 0.3 is 12.6 Å². The van der Waals surface area contributed by atoms with E-state index < -0.39 is 12.6 Å². The molecule has 0 aromatic carbocycles. The van der Waals surface area contributed by atoms with Gasteiger partial charge in [-0.2, -0.15) is 8.78 Å². The Morgan fingerprint density at radius 1 is 1.45 bits per heavy atom. The number of carboxylic acid groups (broad SMARTS) is 1. The van der Waals surface area contributed by atoms with Crippen LogP contribution in [0.5, 0.6) is 5.75 Å². The molecule has 0 atom stereocenters. The maximum atomic E-state index is 12.4. The van der Waals surface area contributed by atoms with Gasteiger partial charge in [-0.05, 0) is 31.7 Å². The van der Waals surface area contributed by atoms with Crippen LogP contribution in [0.3, 0.4) is 0 Å². The van der Waals surface area contributed by atoms with Gasteiger partial charge in [0.05, 0.1) is 0 Å². The summed E-state index contributed by atoms with van der Waals surface area (Å²) in [5.41, 5.74) is 0. The molecule has 5 nitrogen and oxygen atoms in total. The number of hydrogen-bond acceptors (Lipinski definition) is 4. The van der Waals surface area contributed by atoms with Crippen LogP contribution in [0.4, 0.5) is 8.78 Å². The Morgan fingerprint density at radius 3 is 2.64 bits per heavy atom. The Labute approximate surface area is 130 Å². The number of aliphatic carboxylic acids is 1. The van der Waals surface area contributed by atoms with Crippen molar-refractivity contribution in [3.63, 3.8) is 0 Å². The lowest BCUT2D eigenvalue weighted by molar-refractivity contribution is -0.138. The highest BCUT2D eigenvalue weighted by Crippen LogP contribution is 2.32. The summed E-state index contributed by atoms with van der Waals surface area (Å²) >= 11 is 1.13. The first-order chi connectivity index (χ1) is 10.4. The molecule has 22 heavy (non-hydrogen) atoms. The molecule has 0 bridgehead atoms. The van der Waals surface area contributed by atoms with Crippen LogP contribution in [0.1, 0.15) is 33.8 Å². The molecule has 1 aliphatic heterocycles. The van der Waals surface area contributed by atoms with Gasteiger partial charge in [0.15, 0.2) is 0 Å². The van der Waals surface area contributed by atoms with Crippen LogP contribution in [0, 0.1) is 12.8 Å². The molecule has 0 radical (unpaired) electrons. The van der Waals surface area contributed by atoms with Gasteiger partial charge in [-0.15, -0.1) is 11.3 Å². The molecule has 1 aromatic rings. The fourth-order valence-corrected chi connectivity index (χ4v) is 3.47. The first-order valence-electron chi connectivity index (χ1n) is 6.93. The van der Waals surface area contributed by atoms with E-state index in [9.17, 15) is 18.4 Å². The van der Waals surface area contributed by atoms with E-state index in [4.69, 9.17) is 5.11 Å². The quantitative estimate of drug-likeness (QED) is 0.899. The molecule has 0 spiro atoms. The number of amides is 1. The number of likely N-dealkylation sites (tertiary alicyclic amines) is 1. The number of alkyl halides is 2. The van der Waals surface area contributed by atoms with Gasteiger partial charge in [0.2, 0.25) is 0 Å². The van der Waals surface area contributed by atoms with E-state index in [0.29, 0.717) is 25.9 Å². The SMILES string of the molecule is Cc1cc(OC(F)F)c(C(=O)N2CCC(CC(=O)O)CC2)s1. The second-order valence-corrected chi connectivity index (χ2v) is 6.52. The number of carbonyl (C=O) groups excluding carboxylic acids is 1. The Hall–Kier alpha value is -1.70. The standard InChI is InChI=1S/C14H17F2NO4S/c1-8-6-10(21-14(15)16)12(22-8)13(20)17-4-2-9(3-5-17)7-11(18)19/h6,9,14H,2-5,7H2,1H3,(H,18,19). The molecule has 1 fully saturated rings. The summed E-state index contributed by atoms with van der Waals surface area (Å²) in [7, 11) is 0. The summed E-state index contributed by atoms with van der Waals surface area (Å²) in [5.74, 6) is -1.20. The molecular formula is C14H17F2NO4S. The van der Waals surface area contributed by atoms with Crippen LogP contribution in [0.15, 0.2) is 6.07 Å². The number of hydrogen-bond donors (Lipinski definition) is 1. The van der Waals surface area contributed by atoms with Crippen LogP contribution >= 0.6 is 11.3 Å². The molecule has 1 saturated heterocycles. The predicted molar refractivity (Wildman–Crippen MR) is 76.6 cm³/mol. The largest absolute Gasteiger partial charge is 0.481 e. The summed E-state index contributed by atoms with van der Waals surface area (Å²) in [5, 5.41) is 8.78. The van der Waals surface area contributed by atoms with Crippen molar-refractivity contribution in [3.05, 3.63) is 15.8 Å². The molecule has 122 valence electrons. The van der Waals surface area contributed by atoms with Crippen molar-refractivity contribution in [1.82, 2.24) is 4.90 Å². The number of carboxylic acids is 1. The van der Waals surface area contributed by atoms with Crippen LogP contribution in [0.25, 0.3) is 0 Å². The molecule has 1 aromatic heterocycles. The third-order valence-electron chi connectivity index (χ3n) is 3.60. The normalized spacial score (nSPS) is 16.1. The summed E-state index contributed by atoms with van der Waals surface area (Å²) in [6.45, 7) is -0.385. The fraction of sp³-hybridized carbons (Fsp3) is 0.571. The maximum Gasteiger partial charge on any atom is 0.387 e. The van der Waals surface area contributed by atoms with E-state index in [-0.39, 0.29) is 28.9 Å². The van der Waals surface area contributed by atoms with Crippen LogP contribution in [-0.4, -0.2) is 41.6 Å². The second-order valence-electron chi connectivity index (χ2n) is 5.26. The van der Waals surface area contributed by atoms with Crippen LogP contribution in [0.2, 0.25) is 0 Å². The number of rotatable bonds is 5. The second kappa shape index (κ2) is 7.04. The molecule has 1 aliphatic rings. The number of aryl methyl sites for hydroxylation is 1. The third kappa shape index (κ3) is 4.16. The van der Waals surface area contributed by atoms with Gasteiger partial charge in [0.1, 0.15) is 10.6 Å². The van der Waals surface area contributed by atoms with E-state index in [0.717, 1.165) is 16.2 Å². The lowest BCUT2D eigenvalue weighted by atomic mass is 9.93. The Balaban J connectivity index is 2.02. The van der Waals surface area contributed by atoms with Crippen molar-refractivity contribution in [2.75, 3.05) is 13.1 Å². The minimum atomic E-state index is -2.97. The molecule has 2 heterocycles. The zero-order chi connectivity index (χ0) is 16.3. The van der Waals surface area contributed by atoms with Crippen LogP contribution < -0.4 is 4.74 Å². The molecule has 0 saturated carbocycles. The summed E-state index contributed by atoms with van der Waals surface area (Å²) in [6, 6.07) is 1.43. The van der Waals surface area contributed by atoms with Gasteiger partial charge in [0, 0.05) is 24.4 Å². The molecule has 8 heteroatoms. The minimum absolute atomic E-state index is 0.0587. The number of ether oxygens (including phenoxy) is 1. The molecule has 2 rings (SSSR count). The zero-order valence-electron chi connectivity index (χ0n) is 12.1. The average molecular weight is 333 g/mol. The molecule has 1 amide bonds. The molecule has 1 N–H and O–H groups in total. The van der Waals surface area contributed by atoms with Crippen LogP contribution in [-0.2, 0) is 4.79 Å². The van der Waals surface area contributed by atoms with Gasteiger partial charge in [0.25, 0.3) is 5.91 Å². The number of thiophene rings is 1. The Kier molecular flexibility index (Phi) is 5.33. The fourth-order valence-electron chi connectivity index (χ4n) is 2.55. The van der Waals surface area contributed by atoms with E-state index in [1.165, 1.54) is 6.07 Å². The third-order valence-corrected chi connectivity index (χ3v) is 4.62. The Morgan fingerprint density at radius 2 is 2.09 bits per heavy atom.